The highest BCUT2D eigenvalue weighted by molar-refractivity contribution is 14.0. The van der Waals surface area contributed by atoms with Crippen LogP contribution in [0, 0.1) is 0 Å². The molecule has 0 bridgehead atoms. The van der Waals surface area contributed by atoms with Gasteiger partial charge in [0.2, 0.25) is 5.91 Å². The van der Waals surface area contributed by atoms with Crippen molar-refractivity contribution in [3.05, 3.63) is 43.0 Å². The van der Waals surface area contributed by atoms with E-state index in [4.69, 9.17) is 0 Å². The zero-order valence-electron chi connectivity index (χ0n) is 17.2. The van der Waals surface area contributed by atoms with Crippen LogP contribution in [0.3, 0.4) is 0 Å². The summed E-state index contributed by atoms with van der Waals surface area (Å²) in [6, 6.07) is 8.14. The fraction of sp³-hybridized carbons (Fsp3) is 0.400. The molecule has 0 atom stereocenters. The van der Waals surface area contributed by atoms with Crippen LogP contribution < -0.4 is 10.2 Å². The van der Waals surface area contributed by atoms with Crippen LogP contribution in [-0.2, 0) is 18.4 Å². The molecule has 30 heavy (non-hydrogen) atoms. The van der Waals surface area contributed by atoms with E-state index in [1.165, 1.54) is 0 Å². The van der Waals surface area contributed by atoms with Gasteiger partial charge in [0, 0.05) is 46.5 Å². The molecule has 3 aromatic rings. The van der Waals surface area contributed by atoms with Gasteiger partial charge in [-0.25, -0.2) is 4.98 Å². The molecular weight excluding hydrogens is 495 g/mol. The number of guanidine groups is 1. The molecule has 1 fully saturated rings. The Morgan fingerprint density at radius 3 is 2.83 bits per heavy atom. The summed E-state index contributed by atoms with van der Waals surface area (Å²) in [4.78, 5) is 25.2. The monoisotopic (exact) mass is 522 g/mol. The minimum atomic E-state index is 0. The highest BCUT2D eigenvalue weighted by atomic mass is 127. The lowest BCUT2D eigenvalue weighted by atomic mass is 10.3. The fourth-order valence-corrected chi connectivity index (χ4v) is 3.65. The number of rotatable bonds is 5. The van der Waals surface area contributed by atoms with Gasteiger partial charge >= 0.3 is 0 Å². The van der Waals surface area contributed by atoms with Gasteiger partial charge in [0.05, 0.1) is 29.2 Å². The predicted molar refractivity (Wildman–Crippen MR) is 128 cm³/mol. The van der Waals surface area contributed by atoms with Crippen molar-refractivity contribution < 1.29 is 4.79 Å². The van der Waals surface area contributed by atoms with Crippen LogP contribution in [0.2, 0.25) is 0 Å². The lowest BCUT2D eigenvalue weighted by Crippen LogP contribution is -2.55. The van der Waals surface area contributed by atoms with Gasteiger partial charge < -0.3 is 19.7 Å². The van der Waals surface area contributed by atoms with Gasteiger partial charge in [-0.05, 0) is 18.6 Å². The maximum Gasteiger partial charge on any atom is 0.246 e. The molecule has 1 N–H and O–H groups in total. The molecule has 1 aromatic carbocycles. The molecular formula is C20H27IN8O. The number of para-hydroxylation sites is 2. The van der Waals surface area contributed by atoms with E-state index in [1.807, 2.05) is 42.7 Å². The van der Waals surface area contributed by atoms with Crippen molar-refractivity contribution in [1.82, 2.24) is 29.5 Å². The summed E-state index contributed by atoms with van der Waals surface area (Å²) in [6.07, 6.45) is 6.40. The van der Waals surface area contributed by atoms with Gasteiger partial charge in [0.15, 0.2) is 5.96 Å². The van der Waals surface area contributed by atoms with Crippen molar-refractivity contribution in [3.8, 4) is 0 Å². The van der Waals surface area contributed by atoms with Gasteiger partial charge in [-0.3, -0.25) is 14.5 Å². The third-order valence-electron chi connectivity index (χ3n) is 5.12. The molecule has 0 unspecified atom stereocenters. The van der Waals surface area contributed by atoms with Crippen LogP contribution >= 0.6 is 24.0 Å². The standard InChI is InChI=1S/C20H26N8O.HI/c1-21-20(22-8-5-9-27-15-23-17-6-3-4-7-18(17)27)26-10-11-28(19(29)14-26)16-12-24-25(2)13-16;/h3-4,6-7,12-13,15H,5,8-11,14H2,1-2H3,(H,21,22);1H. The highest BCUT2D eigenvalue weighted by Crippen LogP contribution is 2.16. The third kappa shape index (κ3) is 4.74. The van der Waals surface area contributed by atoms with Crippen molar-refractivity contribution in [2.45, 2.75) is 13.0 Å². The summed E-state index contributed by atoms with van der Waals surface area (Å²) in [6.45, 7) is 3.30. The number of halogens is 1. The molecule has 0 radical (unpaired) electrons. The average Bonchev–Trinajstić information content (AvgIpc) is 3.34. The number of carbonyl (C=O) groups is 1. The fourth-order valence-electron chi connectivity index (χ4n) is 3.65. The number of amides is 1. The van der Waals surface area contributed by atoms with Gasteiger partial charge in [-0.2, -0.15) is 5.10 Å². The first-order valence-electron chi connectivity index (χ1n) is 9.80. The van der Waals surface area contributed by atoms with Gasteiger partial charge in [-0.1, -0.05) is 12.1 Å². The summed E-state index contributed by atoms with van der Waals surface area (Å²) >= 11 is 0. The molecule has 1 amide bonds. The van der Waals surface area contributed by atoms with Crippen LogP contribution in [0.4, 0.5) is 5.69 Å². The SMILES string of the molecule is CN=C(NCCCn1cnc2ccccc21)N1CCN(c2cnn(C)c2)C(=O)C1.I. The van der Waals surface area contributed by atoms with Crippen molar-refractivity contribution >= 4 is 52.6 Å². The van der Waals surface area contributed by atoms with E-state index in [0.29, 0.717) is 13.1 Å². The number of aryl methyl sites for hydroxylation is 2. The quantitative estimate of drug-likeness (QED) is 0.239. The minimum Gasteiger partial charge on any atom is -0.356 e. The predicted octanol–water partition coefficient (Wildman–Crippen LogP) is 1.70. The van der Waals surface area contributed by atoms with Crippen molar-refractivity contribution in [2.75, 3.05) is 38.1 Å². The normalized spacial score (nSPS) is 14.9. The Labute approximate surface area is 192 Å². The van der Waals surface area contributed by atoms with Gasteiger partial charge in [-0.15, -0.1) is 24.0 Å². The van der Waals surface area contributed by atoms with Crippen molar-refractivity contribution in [1.29, 1.82) is 0 Å². The summed E-state index contributed by atoms with van der Waals surface area (Å²) in [5, 5.41) is 7.54. The van der Waals surface area contributed by atoms with E-state index in [1.54, 1.807) is 22.8 Å². The summed E-state index contributed by atoms with van der Waals surface area (Å²) < 4.78 is 3.87. The number of nitrogens with one attached hydrogen (secondary N) is 1. The Hall–Kier alpha value is -2.63. The van der Waals surface area contributed by atoms with Crippen molar-refractivity contribution in [2.24, 2.45) is 12.0 Å². The summed E-state index contributed by atoms with van der Waals surface area (Å²) in [5.74, 6) is 0.816. The number of fused-ring (bicyclic) bond motifs is 1. The Morgan fingerprint density at radius 2 is 2.10 bits per heavy atom. The molecule has 1 aliphatic heterocycles. The second kappa shape index (κ2) is 9.92. The molecule has 0 aliphatic carbocycles. The van der Waals surface area contributed by atoms with Crippen LogP contribution in [0.1, 0.15) is 6.42 Å². The number of piperazine rings is 1. The van der Waals surface area contributed by atoms with Crippen LogP contribution in [0.25, 0.3) is 11.0 Å². The Bertz CT molecular complexity index is 1030. The second-order valence-electron chi connectivity index (χ2n) is 7.09. The first kappa shape index (κ1) is 22.1. The van der Waals surface area contributed by atoms with Crippen LogP contribution in [0.15, 0.2) is 48.0 Å². The number of carbonyl (C=O) groups excluding carboxylic acids is 1. The summed E-state index contributed by atoms with van der Waals surface area (Å²) in [7, 11) is 3.60. The van der Waals surface area contributed by atoms with Gasteiger partial charge in [0.1, 0.15) is 6.54 Å². The number of imidazole rings is 1. The number of anilines is 1. The Kier molecular flexibility index (Phi) is 7.29. The Morgan fingerprint density at radius 1 is 1.27 bits per heavy atom. The van der Waals surface area contributed by atoms with Crippen LogP contribution in [-0.4, -0.2) is 69.3 Å². The highest BCUT2D eigenvalue weighted by Gasteiger charge is 2.27. The molecule has 0 spiro atoms. The maximum absolute atomic E-state index is 12.6. The lowest BCUT2D eigenvalue weighted by molar-refractivity contribution is -0.120. The van der Waals surface area contributed by atoms with Gasteiger partial charge in [0.25, 0.3) is 0 Å². The second-order valence-corrected chi connectivity index (χ2v) is 7.09. The third-order valence-corrected chi connectivity index (χ3v) is 5.12. The van der Waals surface area contributed by atoms with E-state index < -0.39 is 0 Å². The van der Waals surface area contributed by atoms with E-state index in [-0.39, 0.29) is 29.9 Å². The Balaban J connectivity index is 0.00000256. The molecule has 4 rings (SSSR count). The molecule has 1 saturated heterocycles. The number of hydrogen-bond acceptors (Lipinski definition) is 4. The molecule has 1 aliphatic rings. The number of aromatic nitrogens is 4. The molecule has 2 aromatic heterocycles. The summed E-state index contributed by atoms with van der Waals surface area (Å²) in [5.41, 5.74) is 3.00. The van der Waals surface area contributed by atoms with E-state index >= 15 is 0 Å². The van der Waals surface area contributed by atoms with E-state index in [2.05, 4.69) is 31.0 Å². The van der Waals surface area contributed by atoms with Crippen molar-refractivity contribution in [3.63, 3.8) is 0 Å². The zero-order chi connectivity index (χ0) is 20.2. The largest absolute Gasteiger partial charge is 0.356 e. The minimum absolute atomic E-state index is 0. The number of benzene rings is 1. The lowest BCUT2D eigenvalue weighted by Gasteiger charge is -2.35. The molecule has 9 nitrogen and oxygen atoms in total. The molecule has 160 valence electrons. The average molecular weight is 522 g/mol. The molecule has 10 heteroatoms. The number of aliphatic imine (C=N–C) groups is 1. The molecule has 3 heterocycles. The number of nitrogens with zero attached hydrogens (tertiary/aromatic N) is 7. The first-order valence-corrected chi connectivity index (χ1v) is 9.80. The van der Waals surface area contributed by atoms with E-state index in [0.717, 1.165) is 48.7 Å². The zero-order valence-corrected chi connectivity index (χ0v) is 19.6. The first-order chi connectivity index (χ1) is 14.2. The topological polar surface area (TPSA) is 83.6 Å². The smallest absolute Gasteiger partial charge is 0.246 e. The molecule has 0 saturated carbocycles. The van der Waals surface area contributed by atoms with Crippen LogP contribution in [0.5, 0.6) is 0 Å². The maximum atomic E-state index is 12.6. The number of hydrogen-bond donors (Lipinski definition) is 1. The van der Waals surface area contributed by atoms with E-state index in [9.17, 15) is 4.79 Å².